The molecule has 1 aromatic carbocycles. The molecule has 0 aromatic heterocycles. The van der Waals surface area contributed by atoms with Crippen molar-refractivity contribution in [3.8, 4) is 0 Å². The molecule has 100 valence electrons. The van der Waals surface area contributed by atoms with Crippen LogP contribution in [-0.2, 0) is 4.74 Å². The number of hydrogen-bond donors (Lipinski definition) is 2. The summed E-state index contributed by atoms with van der Waals surface area (Å²) in [5.74, 6) is -3.07. The van der Waals surface area contributed by atoms with Crippen LogP contribution in [0.3, 0.4) is 0 Å². The van der Waals surface area contributed by atoms with Crippen LogP contribution < -0.4 is 10.6 Å². The van der Waals surface area contributed by atoms with Crippen LogP contribution in [0, 0.1) is 17.5 Å². The summed E-state index contributed by atoms with van der Waals surface area (Å²) in [4.78, 5) is 0. The molecular weight excluding hydrogens is 265 g/mol. The van der Waals surface area contributed by atoms with Gasteiger partial charge in [-0.2, -0.15) is 0 Å². The largest absolute Gasteiger partial charge is 0.383 e. The van der Waals surface area contributed by atoms with Gasteiger partial charge in [0.15, 0.2) is 16.7 Å². The Morgan fingerprint density at radius 2 is 1.89 bits per heavy atom. The summed E-state index contributed by atoms with van der Waals surface area (Å²) in [6, 6.07) is 1.03. The van der Waals surface area contributed by atoms with E-state index in [9.17, 15) is 13.2 Å². The van der Waals surface area contributed by atoms with E-state index in [-0.39, 0.29) is 11.2 Å². The molecule has 0 aliphatic heterocycles. The highest BCUT2D eigenvalue weighted by atomic mass is 32.1. The average molecular weight is 278 g/mol. The number of rotatable bonds is 4. The number of methoxy groups -OCH3 is 1. The average Bonchev–Trinajstić information content (AvgIpc) is 2.23. The molecule has 0 fully saturated rings. The van der Waals surface area contributed by atoms with Crippen LogP contribution >= 0.6 is 12.2 Å². The zero-order chi connectivity index (χ0) is 13.7. The van der Waals surface area contributed by atoms with E-state index in [1.54, 1.807) is 6.92 Å². The van der Waals surface area contributed by atoms with E-state index >= 15 is 0 Å². The molecule has 0 saturated carbocycles. The molecule has 0 bridgehead atoms. The molecule has 0 aliphatic rings. The lowest BCUT2D eigenvalue weighted by Gasteiger charge is -2.16. The normalized spacial score (nSPS) is 12.1. The van der Waals surface area contributed by atoms with Crippen molar-refractivity contribution in [2.75, 3.05) is 19.0 Å². The number of benzene rings is 1. The first kappa shape index (κ1) is 14.7. The minimum Gasteiger partial charge on any atom is -0.383 e. The second kappa shape index (κ2) is 6.55. The Balaban J connectivity index is 2.70. The van der Waals surface area contributed by atoms with Gasteiger partial charge in [0.05, 0.1) is 6.61 Å². The fourth-order valence-electron chi connectivity index (χ4n) is 1.33. The number of nitrogens with one attached hydrogen (secondary N) is 2. The smallest absolute Gasteiger partial charge is 0.171 e. The number of anilines is 1. The number of halogens is 3. The van der Waals surface area contributed by atoms with Gasteiger partial charge in [-0.3, -0.25) is 0 Å². The van der Waals surface area contributed by atoms with Crippen molar-refractivity contribution in [1.29, 1.82) is 0 Å². The highest BCUT2D eigenvalue weighted by molar-refractivity contribution is 7.80. The van der Waals surface area contributed by atoms with Gasteiger partial charge in [0.1, 0.15) is 11.5 Å². The lowest BCUT2D eigenvalue weighted by Crippen LogP contribution is -2.38. The molecule has 0 spiro atoms. The Hall–Kier alpha value is -1.34. The minimum atomic E-state index is -1.05. The van der Waals surface area contributed by atoms with E-state index in [4.69, 9.17) is 17.0 Å². The molecule has 2 N–H and O–H groups in total. The van der Waals surface area contributed by atoms with E-state index in [0.29, 0.717) is 18.7 Å². The van der Waals surface area contributed by atoms with Crippen molar-refractivity contribution in [2.45, 2.75) is 13.0 Å². The number of ether oxygens (including phenoxy) is 1. The molecule has 1 aromatic rings. The molecule has 1 atom stereocenters. The second-order valence-electron chi connectivity index (χ2n) is 3.70. The summed E-state index contributed by atoms with van der Waals surface area (Å²) in [5, 5.41) is 5.14. The van der Waals surface area contributed by atoms with Gasteiger partial charge in [-0.05, 0) is 19.1 Å². The van der Waals surface area contributed by atoms with E-state index in [1.807, 2.05) is 0 Å². The maximum absolute atomic E-state index is 13.3. The van der Waals surface area contributed by atoms with Gasteiger partial charge in [-0.25, -0.2) is 13.2 Å². The first-order valence-corrected chi connectivity index (χ1v) is 5.56. The topological polar surface area (TPSA) is 33.3 Å². The molecule has 0 saturated heterocycles. The first-order chi connectivity index (χ1) is 8.43. The summed E-state index contributed by atoms with van der Waals surface area (Å²) in [6.07, 6.45) is 0. The van der Waals surface area contributed by atoms with Crippen LogP contribution in [0.25, 0.3) is 0 Å². The molecule has 0 aliphatic carbocycles. The van der Waals surface area contributed by atoms with E-state index in [2.05, 4.69) is 10.6 Å². The fourth-order valence-corrected chi connectivity index (χ4v) is 1.63. The Bertz CT molecular complexity index is 419. The van der Waals surface area contributed by atoms with E-state index in [0.717, 1.165) is 0 Å². The van der Waals surface area contributed by atoms with Gasteiger partial charge in [-0.15, -0.1) is 0 Å². The molecule has 1 unspecified atom stereocenters. The molecule has 3 nitrogen and oxygen atoms in total. The van der Waals surface area contributed by atoms with Crippen LogP contribution in [-0.4, -0.2) is 24.9 Å². The molecule has 7 heteroatoms. The summed E-state index contributed by atoms with van der Waals surface area (Å²) in [5.41, 5.74) is -0.487. The Morgan fingerprint density at radius 3 is 2.39 bits per heavy atom. The van der Waals surface area contributed by atoms with Crippen molar-refractivity contribution >= 4 is 23.0 Å². The lowest BCUT2D eigenvalue weighted by molar-refractivity contribution is 0.179. The molecule has 0 amide bonds. The monoisotopic (exact) mass is 278 g/mol. The number of thiocarbonyl (C=S) groups is 1. The van der Waals surface area contributed by atoms with Crippen LogP contribution in [0.4, 0.5) is 18.9 Å². The zero-order valence-corrected chi connectivity index (χ0v) is 10.7. The van der Waals surface area contributed by atoms with Gasteiger partial charge < -0.3 is 15.4 Å². The quantitative estimate of drug-likeness (QED) is 0.829. The van der Waals surface area contributed by atoms with Crippen LogP contribution in [0.1, 0.15) is 6.92 Å². The molecule has 0 radical (unpaired) electrons. The van der Waals surface area contributed by atoms with Crippen molar-refractivity contribution in [1.82, 2.24) is 5.32 Å². The summed E-state index contributed by atoms with van der Waals surface area (Å²) >= 11 is 4.87. The van der Waals surface area contributed by atoms with Crippen LogP contribution in [0.15, 0.2) is 12.1 Å². The minimum absolute atomic E-state index is 0.0314. The van der Waals surface area contributed by atoms with E-state index in [1.165, 1.54) is 7.11 Å². The molecule has 0 heterocycles. The van der Waals surface area contributed by atoms with Crippen LogP contribution in [0.2, 0.25) is 0 Å². The summed E-state index contributed by atoms with van der Waals surface area (Å²) in [7, 11) is 1.52. The third kappa shape index (κ3) is 4.15. The summed E-state index contributed by atoms with van der Waals surface area (Å²) in [6.45, 7) is 2.17. The van der Waals surface area contributed by atoms with Crippen molar-refractivity contribution in [2.24, 2.45) is 0 Å². The first-order valence-electron chi connectivity index (χ1n) is 5.15. The van der Waals surface area contributed by atoms with Crippen LogP contribution in [0.5, 0.6) is 0 Å². The maximum atomic E-state index is 13.3. The highest BCUT2D eigenvalue weighted by Crippen LogP contribution is 2.19. The Kier molecular flexibility index (Phi) is 5.36. The van der Waals surface area contributed by atoms with Crippen molar-refractivity contribution in [3.63, 3.8) is 0 Å². The maximum Gasteiger partial charge on any atom is 0.171 e. The summed E-state index contributed by atoms with van der Waals surface area (Å²) < 4.78 is 44.2. The standard InChI is InChI=1S/C11H13F3N2OS/c1-6(5-17-2)15-11(18)16-10-8(13)3-7(12)4-9(10)14/h3-4,6H,5H2,1-2H3,(H2,15,16,18). The SMILES string of the molecule is COCC(C)NC(=S)Nc1c(F)cc(F)cc1F. The van der Waals surface area contributed by atoms with Gasteiger partial charge in [0.25, 0.3) is 0 Å². The van der Waals surface area contributed by atoms with Gasteiger partial charge >= 0.3 is 0 Å². The Labute approximate surface area is 108 Å². The van der Waals surface area contributed by atoms with Gasteiger partial charge in [0.2, 0.25) is 0 Å². The Morgan fingerprint density at radius 1 is 1.33 bits per heavy atom. The second-order valence-corrected chi connectivity index (χ2v) is 4.11. The molecule has 18 heavy (non-hydrogen) atoms. The van der Waals surface area contributed by atoms with E-state index < -0.39 is 23.1 Å². The predicted octanol–water partition coefficient (Wildman–Crippen LogP) is 2.43. The predicted molar refractivity (Wildman–Crippen MR) is 67.0 cm³/mol. The molecular formula is C11H13F3N2OS. The van der Waals surface area contributed by atoms with Gasteiger partial charge in [-0.1, -0.05) is 0 Å². The molecule has 1 rings (SSSR count). The highest BCUT2D eigenvalue weighted by Gasteiger charge is 2.13. The number of hydrogen-bond acceptors (Lipinski definition) is 2. The van der Waals surface area contributed by atoms with Gasteiger partial charge in [0, 0.05) is 25.3 Å². The fraction of sp³-hybridized carbons (Fsp3) is 0.364. The third-order valence-electron chi connectivity index (χ3n) is 2.04. The zero-order valence-electron chi connectivity index (χ0n) is 9.89. The van der Waals surface area contributed by atoms with Crippen molar-refractivity contribution in [3.05, 3.63) is 29.6 Å². The third-order valence-corrected chi connectivity index (χ3v) is 2.26. The van der Waals surface area contributed by atoms with Crippen molar-refractivity contribution < 1.29 is 17.9 Å². The lowest BCUT2D eigenvalue weighted by atomic mass is 10.3.